The number of phenols is 1. The van der Waals surface area contributed by atoms with Gasteiger partial charge in [0.15, 0.2) is 0 Å². The van der Waals surface area contributed by atoms with Gasteiger partial charge in [0.1, 0.15) is 11.6 Å². The van der Waals surface area contributed by atoms with Gasteiger partial charge in [-0.05, 0) is 35.9 Å². The third kappa shape index (κ3) is 2.25. The lowest BCUT2D eigenvalue weighted by Gasteiger charge is -2.06. The van der Waals surface area contributed by atoms with Crippen molar-refractivity contribution in [2.45, 2.75) is 0 Å². The maximum Gasteiger partial charge on any atom is 0.248 e. The van der Waals surface area contributed by atoms with Gasteiger partial charge in [0.25, 0.3) is 0 Å². The van der Waals surface area contributed by atoms with E-state index < -0.39 is 5.91 Å². The minimum Gasteiger partial charge on any atom is -0.507 e. The van der Waals surface area contributed by atoms with Crippen molar-refractivity contribution in [2.75, 3.05) is 0 Å². The Morgan fingerprint density at radius 1 is 1.12 bits per heavy atom. The third-order valence-electron chi connectivity index (χ3n) is 2.44. The predicted molar refractivity (Wildman–Crippen MR) is 62.0 cm³/mol. The van der Waals surface area contributed by atoms with Gasteiger partial charge in [0.05, 0.1) is 0 Å². The molecule has 0 aromatic heterocycles. The summed E-state index contributed by atoms with van der Waals surface area (Å²) in [6, 6.07) is 10.1. The Morgan fingerprint density at radius 3 is 2.29 bits per heavy atom. The van der Waals surface area contributed by atoms with Crippen LogP contribution in [0, 0.1) is 5.82 Å². The Hall–Kier alpha value is -2.36. The zero-order valence-corrected chi connectivity index (χ0v) is 8.85. The van der Waals surface area contributed by atoms with Gasteiger partial charge < -0.3 is 10.8 Å². The molecule has 0 fully saturated rings. The minimum atomic E-state index is -0.606. The highest BCUT2D eigenvalue weighted by atomic mass is 19.1. The second-order valence-electron chi connectivity index (χ2n) is 3.60. The summed E-state index contributed by atoms with van der Waals surface area (Å²) >= 11 is 0. The summed E-state index contributed by atoms with van der Waals surface area (Å²) in [7, 11) is 0. The van der Waals surface area contributed by atoms with Crippen LogP contribution in [0.5, 0.6) is 5.75 Å². The van der Waals surface area contributed by atoms with Gasteiger partial charge in [-0.2, -0.15) is 0 Å². The Bertz CT molecular complexity index is 564. The van der Waals surface area contributed by atoms with Crippen molar-refractivity contribution in [2.24, 2.45) is 5.73 Å². The molecule has 0 atom stereocenters. The molecule has 3 nitrogen and oxygen atoms in total. The Labute approximate surface area is 97.3 Å². The first kappa shape index (κ1) is 11.1. The first-order chi connectivity index (χ1) is 8.08. The molecule has 0 heterocycles. The molecule has 0 spiro atoms. The molecule has 1 amide bonds. The van der Waals surface area contributed by atoms with Crippen LogP contribution in [0.4, 0.5) is 4.39 Å². The number of rotatable bonds is 2. The molecule has 0 saturated heterocycles. The molecule has 0 saturated carbocycles. The molecule has 17 heavy (non-hydrogen) atoms. The summed E-state index contributed by atoms with van der Waals surface area (Å²) in [6.07, 6.45) is 0. The number of aromatic hydroxyl groups is 1. The van der Waals surface area contributed by atoms with E-state index in [2.05, 4.69) is 0 Å². The van der Waals surface area contributed by atoms with E-state index in [1.165, 1.54) is 24.3 Å². The smallest absolute Gasteiger partial charge is 0.248 e. The average Bonchev–Trinajstić information content (AvgIpc) is 2.30. The first-order valence-corrected chi connectivity index (χ1v) is 4.96. The lowest BCUT2D eigenvalue weighted by molar-refractivity contribution is 0.1000. The lowest BCUT2D eigenvalue weighted by atomic mass is 10.0. The van der Waals surface area contributed by atoms with Gasteiger partial charge in [0, 0.05) is 11.1 Å². The monoisotopic (exact) mass is 231 g/mol. The highest BCUT2D eigenvalue weighted by molar-refractivity contribution is 5.94. The number of nitrogens with two attached hydrogens (primary N) is 1. The number of carbonyl (C=O) groups excluding carboxylic acids is 1. The molecular weight excluding hydrogens is 221 g/mol. The molecule has 4 heteroatoms. The van der Waals surface area contributed by atoms with Gasteiger partial charge in [0.2, 0.25) is 5.91 Å². The van der Waals surface area contributed by atoms with E-state index in [1.807, 2.05) is 0 Å². The summed E-state index contributed by atoms with van der Waals surface area (Å²) in [5.74, 6) is -1.01. The van der Waals surface area contributed by atoms with Gasteiger partial charge in [-0.1, -0.05) is 12.1 Å². The number of halogens is 1. The summed E-state index contributed by atoms with van der Waals surface area (Å²) in [6.45, 7) is 0. The standard InChI is InChI=1S/C13H10FNO2/c14-10-4-1-8(2-5-10)11-6-3-9(13(15)17)7-12(11)16/h1-7,16H,(H2,15,17). The molecule has 86 valence electrons. The maximum atomic E-state index is 12.7. The van der Waals surface area contributed by atoms with Crippen LogP contribution in [-0.4, -0.2) is 11.0 Å². The minimum absolute atomic E-state index is 0.0621. The number of phenolic OH excluding ortho intramolecular Hbond substituents is 1. The maximum absolute atomic E-state index is 12.7. The quantitative estimate of drug-likeness (QED) is 0.832. The third-order valence-corrected chi connectivity index (χ3v) is 2.44. The van der Waals surface area contributed by atoms with E-state index in [0.29, 0.717) is 11.1 Å². The SMILES string of the molecule is NC(=O)c1ccc(-c2ccc(F)cc2)c(O)c1. The average molecular weight is 231 g/mol. The fraction of sp³-hybridized carbons (Fsp3) is 0. The molecular formula is C13H10FNO2. The molecule has 2 aromatic rings. The molecule has 2 rings (SSSR count). The van der Waals surface area contributed by atoms with Crippen LogP contribution in [0.1, 0.15) is 10.4 Å². The Morgan fingerprint density at radius 2 is 1.76 bits per heavy atom. The highest BCUT2D eigenvalue weighted by Crippen LogP contribution is 2.29. The Balaban J connectivity index is 2.46. The summed E-state index contributed by atoms with van der Waals surface area (Å²) in [4.78, 5) is 10.9. The number of primary amides is 1. The van der Waals surface area contributed by atoms with Gasteiger partial charge in [-0.25, -0.2) is 4.39 Å². The zero-order chi connectivity index (χ0) is 12.4. The van der Waals surface area contributed by atoms with Crippen LogP contribution in [0.3, 0.4) is 0 Å². The van der Waals surface area contributed by atoms with Crippen molar-refractivity contribution in [1.82, 2.24) is 0 Å². The lowest BCUT2D eigenvalue weighted by Crippen LogP contribution is -2.10. The number of amides is 1. The fourth-order valence-electron chi connectivity index (χ4n) is 1.56. The van der Waals surface area contributed by atoms with E-state index in [9.17, 15) is 14.3 Å². The summed E-state index contributed by atoms with van der Waals surface area (Å²) in [5.41, 5.74) is 6.51. The van der Waals surface area contributed by atoms with E-state index in [4.69, 9.17) is 5.73 Å². The molecule has 0 aliphatic carbocycles. The molecule has 3 N–H and O–H groups in total. The molecule has 0 radical (unpaired) electrons. The van der Waals surface area contributed by atoms with Crippen LogP contribution in [0.15, 0.2) is 42.5 Å². The first-order valence-electron chi connectivity index (χ1n) is 4.96. The zero-order valence-electron chi connectivity index (χ0n) is 8.85. The molecule has 0 aliphatic heterocycles. The predicted octanol–water partition coefficient (Wildman–Crippen LogP) is 2.30. The summed E-state index contributed by atoms with van der Waals surface area (Å²) in [5, 5.41) is 9.76. The number of hydrogen-bond donors (Lipinski definition) is 2. The van der Waals surface area contributed by atoms with Crippen molar-refractivity contribution in [3.05, 3.63) is 53.8 Å². The van der Waals surface area contributed by atoms with Gasteiger partial charge in [-0.3, -0.25) is 4.79 Å². The molecule has 0 unspecified atom stereocenters. The second kappa shape index (κ2) is 4.25. The van der Waals surface area contributed by atoms with E-state index in [0.717, 1.165) is 0 Å². The highest BCUT2D eigenvalue weighted by Gasteiger charge is 2.08. The van der Waals surface area contributed by atoms with Crippen molar-refractivity contribution < 1.29 is 14.3 Å². The van der Waals surface area contributed by atoms with Gasteiger partial charge >= 0.3 is 0 Å². The van der Waals surface area contributed by atoms with E-state index >= 15 is 0 Å². The van der Waals surface area contributed by atoms with E-state index in [-0.39, 0.29) is 17.1 Å². The van der Waals surface area contributed by atoms with Crippen molar-refractivity contribution in [3.63, 3.8) is 0 Å². The van der Waals surface area contributed by atoms with Crippen molar-refractivity contribution in [3.8, 4) is 16.9 Å². The van der Waals surface area contributed by atoms with Crippen molar-refractivity contribution in [1.29, 1.82) is 0 Å². The van der Waals surface area contributed by atoms with Crippen LogP contribution in [-0.2, 0) is 0 Å². The fourth-order valence-corrected chi connectivity index (χ4v) is 1.56. The summed E-state index contributed by atoms with van der Waals surface area (Å²) < 4.78 is 12.7. The normalized spacial score (nSPS) is 10.2. The van der Waals surface area contributed by atoms with Crippen LogP contribution < -0.4 is 5.73 Å². The number of carbonyl (C=O) groups is 1. The van der Waals surface area contributed by atoms with Gasteiger partial charge in [-0.15, -0.1) is 0 Å². The number of benzene rings is 2. The van der Waals surface area contributed by atoms with Crippen LogP contribution >= 0.6 is 0 Å². The van der Waals surface area contributed by atoms with E-state index in [1.54, 1.807) is 18.2 Å². The molecule has 0 aliphatic rings. The topological polar surface area (TPSA) is 63.3 Å². The molecule has 2 aromatic carbocycles. The van der Waals surface area contributed by atoms with Crippen LogP contribution in [0.2, 0.25) is 0 Å². The van der Waals surface area contributed by atoms with Crippen LogP contribution in [0.25, 0.3) is 11.1 Å². The second-order valence-corrected chi connectivity index (χ2v) is 3.60. The molecule has 0 bridgehead atoms. The largest absolute Gasteiger partial charge is 0.507 e. The van der Waals surface area contributed by atoms with Crippen molar-refractivity contribution >= 4 is 5.91 Å². The Kier molecular flexibility index (Phi) is 2.78. The number of hydrogen-bond acceptors (Lipinski definition) is 2.